The third kappa shape index (κ3) is 6.02. The molecular weight excluding hydrogens is 312 g/mol. The average molecular weight is 331 g/mol. The molecule has 1 rings (SSSR count). The molecule has 1 aromatic carbocycles. The van der Waals surface area contributed by atoms with E-state index in [1.54, 1.807) is 12.1 Å². The van der Waals surface area contributed by atoms with Crippen LogP contribution in [0.5, 0.6) is 0 Å². The molecule has 6 heteroatoms. The Morgan fingerprint density at radius 2 is 2.16 bits per heavy atom. The molecule has 0 saturated carbocycles. The smallest absolute Gasteiger partial charge is 0.293 e. The van der Waals surface area contributed by atoms with E-state index < -0.39 is 4.92 Å². The third-order valence-electron chi connectivity index (χ3n) is 2.56. The Morgan fingerprint density at radius 3 is 2.79 bits per heavy atom. The van der Waals surface area contributed by atoms with E-state index in [9.17, 15) is 10.1 Å². The summed E-state index contributed by atoms with van der Waals surface area (Å²) in [6, 6.07) is 4.95. The normalized spacial score (nSPS) is 10.7. The van der Waals surface area contributed by atoms with Gasteiger partial charge in [0.1, 0.15) is 5.69 Å². The summed E-state index contributed by atoms with van der Waals surface area (Å²) >= 11 is 3.22. The predicted octanol–water partition coefficient (Wildman–Crippen LogP) is 3.83. The first kappa shape index (κ1) is 15.9. The highest BCUT2D eigenvalue weighted by atomic mass is 79.9. The van der Waals surface area contributed by atoms with E-state index in [0.717, 1.165) is 13.0 Å². The van der Waals surface area contributed by atoms with E-state index in [2.05, 4.69) is 35.1 Å². The molecule has 0 atom stereocenters. The molecule has 106 valence electrons. The maximum Gasteiger partial charge on any atom is 0.293 e. The van der Waals surface area contributed by atoms with Crippen LogP contribution in [0, 0.1) is 16.0 Å². The number of nitrogens with zero attached hydrogens (tertiary/aromatic N) is 1. The van der Waals surface area contributed by atoms with Crippen LogP contribution in [0.4, 0.5) is 11.4 Å². The van der Waals surface area contributed by atoms with Gasteiger partial charge in [-0.3, -0.25) is 10.1 Å². The van der Waals surface area contributed by atoms with Gasteiger partial charge in [-0.2, -0.15) is 0 Å². The second-order valence-corrected chi connectivity index (χ2v) is 5.56. The Hall–Kier alpha value is -1.14. The Kier molecular flexibility index (Phi) is 6.80. The van der Waals surface area contributed by atoms with Crippen molar-refractivity contribution in [3.8, 4) is 0 Å². The van der Waals surface area contributed by atoms with Crippen molar-refractivity contribution in [2.24, 2.45) is 5.92 Å². The highest BCUT2D eigenvalue weighted by molar-refractivity contribution is 9.10. The lowest BCUT2D eigenvalue weighted by Crippen LogP contribution is -2.11. The van der Waals surface area contributed by atoms with Crippen molar-refractivity contribution in [3.63, 3.8) is 0 Å². The third-order valence-corrected chi connectivity index (χ3v) is 3.05. The number of nitrogens with one attached hydrogen (secondary N) is 1. The van der Waals surface area contributed by atoms with E-state index in [1.807, 2.05) is 0 Å². The lowest BCUT2D eigenvalue weighted by molar-refractivity contribution is -0.384. The fourth-order valence-electron chi connectivity index (χ4n) is 1.48. The lowest BCUT2D eigenvalue weighted by Gasteiger charge is -2.09. The maximum absolute atomic E-state index is 10.9. The molecule has 0 heterocycles. The van der Waals surface area contributed by atoms with E-state index in [0.29, 0.717) is 29.2 Å². The Morgan fingerprint density at radius 1 is 1.42 bits per heavy atom. The first-order valence-electron chi connectivity index (χ1n) is 6.26. The number of ether oxygens (including phenoxy) is 1. The Balaban J connectivity index is 2.39. The van der Waals surface area contributed by atoms with Gasteiger partial charge >= 0.3 is 0 Å². The van der Waals surface area contributed by atoms with Crippen LogP contribution in [0.3, 0.4) is 0 Å². The molecule has 0 aliphatic carbocycles. The number of anilines is 1. The molecule has 0 aromatic heterocycles. The van der Waals surface area contributed by atoms with Gasteiger partial charge in [-0.25, -0.2) is 0 Å². The van der Waals surface area contributed by atoms with Crippen molar-refractivity contribution in [2.75, 3.05) is 25.1 Å². The average Bonchev–Trinajstić information content (AvgIpc) is 2.34. The molecule has 0 amide bonds. The fourth-order valence-corrected chi connectivity index (χ4v) is 1.83. The van der Waals surface area contributed by atoms with Crippen molar-refractivity contribution < 1.29 is 9.66 Å². The largest absolute Gasteiger partial charge is 0.380 e. The van der Waals surface area contributed by atoms with E-state index in [4.69, 9.17) is 4.74 Å². The summed E-state index contributed by atoms with van der Waals surface area (Å²) in [4.78, 5) is 10.5. The molecule has 0 spiro atoms. The Labute approximate surface area is 121 Å². The van der Waals surface area contributed by atoms with Crippen LogP contribution in [0.2, 0.25) is 0 Å². The number of halogens is 1. The summed E-state index contributed by atoms with van der Waals surface area (Å²) in [5, 5.41) is 13.9. The quantitative estimate of drug-likeness (QED) is 0.447. The number of hydrogen-bond donors (Lipinski definition) is 1. The van der Waals surface area contributed by atoms with Crippen molar-refractivity contribution >= 4 is 27.3 Å². The minimum atomic E-state index is -0.396. The SMILES string of the molecule is CC(C)CCOCCNc1ccc(Br)cc1[N+](=O)[O-]. The highest BCUT2D eigenvalue weighted by Gasteiger charge is 2.13. The second-order valence-electron chi connectivity index (χ2n) is 4.64. The first-order chi connectivity index (χ1) is 9.00. The Bertz CT molecular complexity index is 424. The van der Waals surface area contributed by atoms with Gasteiger partial charge in [-0.05, 0) is 24.5 Å². The molecule has 0 aliphatic heterocycles. The second kappa shape index (κ2) is 8.12. The van der Waals surface area contributed by atoms with Crippen molar-refractivity contribution in [3.05, 3.63) is 32.8 Å². The molecule has 1 aromatic rings. The van der Waals surface area contributed by atoms with Crippen LogP contribution in [0.25, 0.3) is 0 Å². The first-order valence-corrected chi connectivity index (χ1v) is 7.05. The number of nitro benzene ring substituents is 1. The number of nitro groups is 1. The molecule has 0 bridgehead atoms. The predicted molar refractivity (Wildman–Crippen MR) is 79.6 cm³/mol. The van der Waals surface area contributed by atoms with Gasteiger partial charge in [0.15, 0.2) is 0 Å². The molecule has 0 fully saturated rings. The zero-order valence-electron chi connectivity index (χ0n) is 11.2. The van der Waals surface area contributed by atoms with Crippen LogP contribution in [-0.2, 0) is 4.74 Å². The van der Waals surface area contributed by atoms with Crippen LogP contribution in [0.15, 0.2) is 22.7 Å². The van der Waals surface area contributed by atoms with Gasteiger partial charge in [-0.1, -0.05) is 29.8 Å². The van der Waals surface area contributed by atoms with Crippen LogP contribution < -0.4 is 5.32 Å². The lowest BCUT2D eigenvalue weighted by atomic mass is 10.1. The summed E-state index contributed by atoms with van der Waals surface area (Å²) in [5.74, 6) is 0.625. The highest BCUT2D eigenvalue weighted by Crippen LogP contribution is 2.27. The minimum absolute atomic E-state index is 0.0663. The minimum Gasteiger partial charge on any atom is -0.380 e. The summed E-state index contributed by atoms with van der Waals surface area (Å²) in [6.07, 6.45) is 1.03. The fraction of sp³-hybridized carbons (Fsp3) is 0.538. The standard InChI is InChI=1S/C13H19BrN2O3/c1-10(2)5-7-19-8-6-15-12-4-3-11(14)9-13(12)16(17)18/h3-4,9-10,15H,5-8H2,1-2H3. The molecule has 1 N–H and O–H groups in total. The van der Waals surface area contributed by atoms with E-state index >= 15 is 0 Å². The van der Waals surface area contributed by atoms with Gasteiger partial charge in [0.05, 0.1) is 11.5 Å². The molecule has 0 aliphatic rings. The van der Waals surface area contributed by atoms with Crippen LogP contribution in [-0.4, -0.2) is 24.7 Å². The molecule has 19 heavy (non-hydrogen) atoms. The number of hydrogen-bond acceptors (Lipinski definition) is 4. The molecule has 0 unspecified atom stereocenters. The van der Waals surface area contributed by atoms with Crippen LogP contribution in [0.1, 0.15) is 20.3 Å². The van der Waals surface area contributed by atoms with Gasteiger partial charge in [0, 0.05) is 23.7 Å². The van der Waals surface area contributed by atoms with Gasteiger partial charge in [-0.15, -0.1) is 0 Å². The van der Waals surface area contributed by atoms with Gasteiger partial charge in [0.25, 0.3) is 5.69 Å². The van der Waals surface area contributed by atoms with Crippen molar-refractivity contribution in [2.45, 2.75) is 20.3 Å². The van der Waals surface area contributed by atoms with E-state index in [-0.39, 0.29) is 5.69 Å². The number of rotatable bonds is 8. The van der Waals surface area contributed by atoms with Crippen molar-refractivity contribution in [1.29, 1.82) is 0 Å². The summed E-state index contributed by atoms with van der Waals surface area (Å²) in [6.45, 7) is 6.11. The molecule has 5 nitrogen and oxygen atoms in total. The maximum atomic E-state index is 10.9. The van der Waals surface area contributed by atoms with Crippen molar-refractivity contribution in [1.82, 2.24) is 0 Å². The van der Waals surface area contributed by atoms with Gasteiger partial charge in [0.2, 0.25) is 0 Å². The molecule has 0 saturated heterocycles. The number of benzene rings is 1. The summed E-state index contributed by atoms with van der Waals surface area (Å²) in [7, 11) is 0. The van der Waals surface area contributed by atoms with Gasteiger partial charge < -0.3 is 10.1 Å². The molecule has 0 radical (unpaired) electrons. The zero-order chi connectivity index (χ0) is 14.3. The van der Waals surface area contributed by atoms with E-state index in [1.165, 1.54) is 6.07 Å². The summed E-state index contributed by atoms with van der Waals surface area (Å²) in [5.41, 5.74) is 0.581. The van der Waals surface area contributed by atoms with Crippen LogP contribution >= 0.6 is 15.9 Å². The summed E-state index contributed by atoms with van der Waals surface area (Å²) < 4.78 is 6.14. The molecular formula is C13H19BrN2O3. The monoisotopic (exact) mass is 330 g/mol. The zero-order valence-corrected chi connectivity index (χ0v) is 12.8. The topological polar surface area (TPSA) is 64.4 Å².